The van der Waals surface area contributed by atoms with Crippen LogP contribution in [0.4, 0.5) is 0 Å². The SMILES string of the molecule is CC(=O)NC1C=C(C(=O)O)C=CC1. The zero-order chi connectivity index (χ0) is 9.84. The molecule has 1 aliphatic rings. The van der Waals surface area contributed by atoms with E-state index >= 15 is 0 Å². The van der Waals surface area contributed by atoms with Crippen molar-refractivity contribution in [1.82, 2.24) is 5.32 Å². The van der Waals surface area contributed by atoms with Gasteiger partial charge in [0.2, 0.25) is 5.91 Å². The molecule has 0 saturated carbocycles. The van der Waals surface area contributed by atoms with E-state index in [1.807, 2.05) is 0 Å². The highest BCUT2D eigenvalue weighted by Crippen LogP contribution is 2.10. The number of carbonyl (C=O) groups is 2. The molecule has 1 rings (SSSR count). The van der Waals surface area contributed by atoms with Gasteiger partial charge in [-0.25, -0.2) is 4.79 Å². The molecule has 0 aromatic heterocycles. The van der Waals surface area contributed by atoms with Gasteiger partial charge in [0, 0.05) is 6.92 Å². The number of carbonyl (C=O) groups excluding carboxylic acids is 1. The summed E-state index contributed by atoms with van der Waals surface area (Å²) in [7, 11) is 0. The minimum absolute atomic E-state index is 0.152. The molecule has 0 fully saturated rings. The number of amides is 1. The minimum Gasteiger partial charge on any atom is -0.478 e. The van der Waals surface area contributed by atoms with Crippen molar-refractivity contribution >= 4 is 11.9 Å². The lowest BCUT2D eigenvalue weighted by Crippen LogP contribution is -2.32. The quantitative estimate of drug-likeness (QED) is 0.650. The van der Waals surface area contributed by atoms with Crippen molar-refractivity contribution in [1.29, 1.82) is 0 Å². The molecule has 0 bridgehead atoms. The van der Waals surface area contributed by atoms with E-state index in [9.17, 15) is 9.59 Å². The first-order chi connectivity index (χ1) is 6.09. The predicted octanol–water partition coefficient (Wildman–Crippen LogP) is 0.462. The van der Waals surface area contributed by atoms with Crippen LogP contribution in [-0.4, -0.2) is 23.0 Å². The molecular formula is C9H11NO3. The first-order valence-corrected chi connectivity index (χ1v) is 3.98. The van der Waals surface area contributed by atoms with Crippen LogP contribution in [0.1, 0.15) is 13.3 Å². The number of hydrogen-bond donors (Lipinski definition) is 2. The van der Waals surface area contributed by atoms with Gasteiger partial charge in [-0.15, -0.1) is 0 Å². The summed E-state index contributed by atoms with van der Waals surface area (Å²) in [5.41, 5.74) is 0.227. The van der Waals surface area contributed by atoms with Crippen LogP contribution in [0.15, 0.2) is 23.8 Å². The fourth-order valence-corrected chi connectivity index (χ4v) is 1.19. The molecule has 13 heavy (non-hydrogen) atoms. The molecule has 1 aliphatic carbocycles. The molecule has 0 radical (unpaired) electrons. The molecular weight excluding hydrogens is 170 g/mol. The topological polar surface area (TPSA) is 66.4 Å². The Balaban J connectivity index is 2.67. The van der Waals surface area contributed by atoms with Gasteiger partial charge in [0.25, 0.3) is 0 Å². The van der Waals surface area contributed by atoms with E-state index < -0.39 is 5.97 Å². The number of rotatable bonds is 2. The highest BCUT2D eigenvalue weighted by atomic mass is 16.4. The number of aliphatic carboxylic acids is 1. The first-order valence-electron chi connectivity index (χ1n) is 3.98. The van der Waals surface area contributed by atoms with Gasteiger partial charge in [0.05, 0.1) is 11.6 Å². The van der Waals surface area contributed by atoms with Crippen LogP contribution in [0.5, 0.6) is 0 Å². The maximum absolute atomic E-state index is 10.7. The fourth-order valence-electron chi connectivity index (χ4n) is 1.19. The molecule has 0 aliphatic heterocycles. The Morgan fingerprint density at radius 3 is 2.85 bits per heavy atom. The standard InChI is InChI=1S/C9H11NO3/c1-6(11)10-8-4-2-3-7(5-8)9(12)13/h2-3,5,8H,4H2,1H3,(H,10,11)(H,12,13). The Morgan fingerprint density at radius 1 is 1.62 bits per heavy atom. The second-order valence-corrected chi connectivity index (χ2v) is 2.87. The highest BCUT2D eigenvalue weighted by Gasteiger charge is 2.13. The summed E-state index contributed by atoms with van der Waals surface area (Å²) in [6.45, 7) is 1.41. The lowest BCUT2D eigenvalue weighted by atomic mass is 10.0. The van der Waals surface area contributed by atoms with Crippen molar-refractivity contribution in [2.45, 2.75) is 19.4 Å². The summed E-state index contributed by atoms with van der Waals surface area (Å²) < 4.78 is 0. The third-order valence-electron chi connectivity index (χ3n) is 1.70. The Kier molecular flexibility index (Phi) is 2.84. The lowest BCUT2D eigenvalue weighted by Gasteiger charge is -2.15. The zero-order valence-corrected chi connectivity index (χ0v) is 7.28. The maximum atomic E-state index is 10.7. The fraction of sp³-hybridized carbons (Fsp3) is 0.333. The van der Waals surface area contributed by atoms with Gasteiger partial charge in [0.15, 0.2) is 0 Å². The largest absolute Gasteiger partial charge is 0.478 e. The van der Waals surface area contributed by atoms with Crippen LogP contribution in [0.25, 0.3) is 0 Å². The van der Waals surface area contributed by atoms with Gasteiger partial charge < -0.3 is 10.4 Å². The average molecular weight is 181 g/mol. The van der Waals surface area contributed by atoms with E-state index in [1.165, 1.54) is 6.92 Å². The van der Waals surface area contributed by atoms with E-state index in [-0.39, 0.29) is 17.5 Å². The molecule has 0 heterocycles. The van der Waals surface area contributed by atoms with Gasteiger partial charge in [-0.2, -0.15) is 0 Å². The van der Waals surface area contributed by atoms with Crippen LogP contribution >= 0.6 is 0 Å². The zero-order valence-electron chi connectivity index (χ0n) is 7.28. The normalized spacial score (nSPS) is 20.7. The van der Waals surface area contributed by atoms with Crippen LogP contribution in [-0.2, 0) is 9.59 Å². The molecule has 1 amide bonds. The molecule has 1 unspecified atom stereocenters. The van der Waals surface area contributed by atoms with E-state index in [1.54, 1.807) is 18.2 Å². The summed E-state index contributed by atoms with van der Waals surface area (Å²) in [5.74, 6) is -1.12. The molecule has 4 heteroatoms. The smallest absolute Gasteiger partial charge is 0.335 e. The lowest BCUT2D eigenvalue weighted by molar-refractivity contribution is -0.132. The van der Waals surface area contributed by atoms with Crippen molar-refractivity contribution in [2.75, 3.05) is 0 Å². The van der Waals surface area contributed by atoms with Crippen LogP contribution in [0.3, 0.4) is 0 Å². The van der Waals surface area contributed by atoms with Crippen LogP contribution < -0.4 is 5.32 Å². The Labute approximate surface area is 75.9 Å². The molecule has 1 atom stereocenters. The van der Waals surface area contributed by atoms with Gasteiger partial charge in [-0.1, -0.05) is 12.2 Å². The summed E-state index contributed by atoms with van der Waals surface area (Å²) in [4.78, 5) is 21.2. The van der Waals surface area contributed by atoms with Crippen molar-refractivity contribution in [3.05, 3.63) is 23.8 Å². The average Bonchev–Trinajstić information content (AvgIpc) is 2.03. The highest BCUT2D eigenvalue weighted by molar-refractivity contribution is 5.90. The number of carboxylic acids is 1. The van der Waals surface area contributed by atoms with E-state index in [0.717, 1.165) is 0 Å². The van der Waals surface area contributed by atoms with Gasteiger partial charge in [0.1, 0.15) is 0 Å². The Bertz CT molecular complexity index is 291. The number of nitrogens with one attached hydrogen (secondary N) is 1. The van der Waals surface area contributed by atoms with Crippen LogP contribution in [0.2, 0.25) is 0 Å². The Hall–Kier alpha value is -1.58. The molecule has 0 spiro atoms. The summed E-state index contributed by atoms with van der Waals surface area (Å²) >= 11 is 0. The van der Waals surface area contributed by atoms with Crippen molar-refractivity contribution < 1.29 is 14.7 Å². The molecule has 70 valence electrons. The molecule has 0 aromatic carbocycles. The molecule has 0 saturated heterocycles. The monoisotopic (exact) mass is 181 g/mol. The summed E-state index contributed by atoms with van der Waals surface area (Å²) in [6, 6.07) is -0.186. The second kappa shape index (κ2) is 3.89. The van der Waals surface area contributed by atoms with Crippen molar-refractivity contribution in [3.63, 3.8) is 0 Å². The van der Waals surface area contributed by atoms with Gasteiger partial charge in [-0.05, 0) is 12.5 Å². The molecule has 4 nitrogen and oxygen atoms in total. The number of carboxylic acid groups (broad SMARTS) is 1. The third-order valence-corrected chi connectivity index (χ3v) is 1.70. The van der Waals surface area contributed by atoms with Crippen molar-refractivity contribution in [3.8, 4) is 0 Å². The van der Waals surface area contributed by atoms with E-state index in [0.29, 0.717) is 6.42 Å². The molecule has 2 N–H and O–H groups in total. The van der Waals surface area contributed by atoms with Crippen LogP contribution in [0, 0.1) is 0 Å². The van der Waals surface area contributed by atoms with Crippen molar-refractivity contribution in [2.24, 2.45) is 0 Å². The van der Waals surface area contributed by atoms with E-state index in [2.05, 4.69) is 5.32 Å². The summed E-state index contributed by atoms with van der Waals surface area (Å²) in [6.07, 6.45) is 5.48. The first kappa shape index (κ1) is 9.51. The number of hydrogen-bond acceptors (Lipinski definition) is 2. The summed E-state index contributed by atoms with van der Waals surface area (Å²) in [5, 5.41) is 11.3. The van der Waals surface area contributed by atoms with Gasteiger partial charge in [-0.3, -0.25) is 4.79 Å². The third kappa shape index (κ3) is 2.74. The van der Waals surface area contributed by atoms with Gasteiger partial charge >= 0.3 is 5.97 Å². The minimum atomic E-state index is -0.966. The predicted molar refractivity (Wildman–Crippen MR) is 47.1 cm³/mol. The second-order valence-electron chi connectivity index (χ2n) is 2.87. The Morgan fingerprint density at radius 2 is 2.31 bits per heavy atom. The van der Waals surface area contributed by atoms with E-state index in [4.69, 9.17) is 5.11 Å². The maximum Gasteiger partial charge on any atom is 0.335 e. The molecule has 0 aromatic rings.